The second-order valence-corrected chi connectivity index (χ2v) is 1.41. The molecule has 60 valence electrons. The molecule has 2 heteroatoms. The highest BCUT2D eigenvalue weighted by atomic mass is 16.5. The van der Waals surface area contributed by atoms with Crippen molar-refractivity contribution < 1.29 is 9.47 Å². The molecule has 0 saturated heterocycles. The first-order valence-electron chi connectivity index (χ1n) is 3.11. The van der Waals surface area contributed by atoms with Crippen LogP contribution < -0.4 is 0 Å². The minimum absolute atomic E-state index is 1.62. The lowest BCUT2D eigenvalue weighted by atomic mass is 10.7. The van der Waals surface area contributed by atoms with Crippen molar-refractivity contribution in [1.82, 2.24) is 0 Å². The van der Waals surface area contributed by atoms with Crippen molar-refractivity contribution in [3.63, 3.8) is 0 Å². The summed E-state index contributed by atoms with van der Waals surface area (Å²) in [7, 11) is 3.25. The lowest BCUT2D eigenvalue weighted by molar-refractivity contribution is 0.337. The first-order valence-corrected chi connectivity index (χ1v) is 3.11. The summed E-state index contributed by atoms with van der Waals surface area (Å²) < 4.78 is 9.02. The summed E-state index contributed by atoms with van der Waals surface area (Å²) in [5.74, 6) is 0. The maximum absolute atomic E-state index is 4.51. The van der Waals surface area contributed by atoms with Crippen LogP contribution in [0.2, 0.25) is 0 Å². The van der Waals surface area contributed by atoms with Crippen molar-refractivity contribution in [2.75, 3.05) is 14.2 Å². The van der Waals surface area contributed by atoms with Crippen LogP contribution in [0.15, 0.2) is 24.7 Å². The molecule has 0 atom stereocenters. The molecule has 0 N–H and O–H groups in total. The Bertz CT molecular complexity index is 73.3. The first kappa shape index (κ1) is 11.8. The molecule has 0 aliphatic rings. The van der Waals surface area contributed by atoms with Crippen LogP contribution in [0.4, 0.5) is 0 Å². The van der Waals surface area contributed by atoms with Crippen molar-refractivity contribution in [3.8, 4) is 0 Å². The predicted molar refractivity (Wildman–Crippen MR) is 43.6 cm³/mol. The van der Waals surface area contributed by atoms with E-state index in [0.717, 1.165) is 0 Å². The molecule has 0 unspecified atom stereocenters. The molecule has 0 aliphatic carbocycles. The van der Waals surface area contributed by atoms with E-state index in [-0.39, 0.29) is 0 Å². The van der Waals surface area contributed by atoms with Gasteiger partial charge in [-0.1, -0.05) is 12.2 Å². The van der Waals surface area contributed by atoms with E-state index in [1.807, 2.05) is 26.0 Å². The number of methoxy groups -OCH3 is 2. The van der Waals surface area contributed by atoms with Gasteiger partial charge in [0.15, 0.2) is 0 Å². The van der Waals surface area contributed by atoms with Crippen LogP contribution >= 0.6 is 0 Å². The fraction of sp³-hybridized carbons (Fsp3) is 0.500. The number of ether oxygens (including phenoxy) is 2. The molecule has 0 radical (unpaired) electrons. The third-order valence-electron chi connectivity index (χ3n) is 0.544. The fourth-order valence-electron chi connectivity index (χ4n) is 0.272. The highest BCUT2D eigenvalue weighted by Gasteiger charge is 1.47. The summed E-state index contributed by atoms with van der Waals surface area (Å²) >= 11 is 0. The van der Waals surface area contributed by atoms with Gasteiger partial charge >= 0.3 is 0 Å². The van der Waals surface area contributed by atoms with E-state index in [4.69, 9.17) is 0 Å². The lowest BCUT2D eigenvalue weighted by Crippen LogP contribution is -1.57. The molecule has 10 heavy (non-hydrogen) atoms. The van der Waals surface area contributed by atoms with Gasteiger partial charge in [-0.25, -0.2) is 0 Å². The lowest BCUT2D eigenvalue weighted by Gasteiger charge is -1.76. The molecule has 0 aromatic heterocycles. The zero-order valence-corrected chi connectivity index (χ0v) is 7.13. The van der Waals surface area contributed by atoms with E-state index in [0.29, 0.717) is 0 Å². The van der Waals surface area contributed by atoms with Crippen LogP contribution in [-0.4, -0.2) is 14.2 Å². The molecular formula is C8H16O2. The van der Waals surface area contributed by atoms with Crippen molar-refractivity contribution in [1.29, 1.82) is 0 Å². The Hall–Kier alpha value is -0.920. The average Bonchev–Trinajstić information content (AvgIpc) is 1.93. The highest BCUT2D eigenvalue weighted by Crippen LogP contribution is 1.64. The van der Waals surface area contributed by atoms with Crippen LogP contribution in [-0.2, 0) is 9.47 Å². The second kappa shape index (κ2) is 15.7. The van der Waals surface area contributed by atoms with Gasteiger partial charge in [-0.2, -0.15) is 0 Å². The van der Waals surface area contributed by atoms with Crippen LogP contribution in [0.25, 0.3) is 0 Å². The van der Waals surface area contributed by atoms with Crippen LogP contribution in [0, 0.1) is 0 Å². The molecule has 0 rings (SSSR count). The maximum Gasteiger partial charge on any atom is 0.0781 e. The predicted octanol–water partition coefficient (Wildman–Crippen LogP) is 2.33. The molecule has 0 amide bonds. The molecule has 0 spiro atoms. The van der Waals surface area contributed by atoms with Crippen molar-refractivity contribution in [3.05, 3.63) is 24.7 Å². The largest absolute Gasteiger partial charge is 0.505 e. The Balaban J connectivity index is 0. The van der Waals surface area contributed by atoms with Gasteiger partial charge in [-0.3, -0.25) is 0 Å². The number of allylic oxidation sites excluding steroid dienone is 2. The van der Waals surface area contributed by atoms with Crippen molar-refractivity contribution in [2.45, 2.75) is 13.8 Å². The molecule has 0 saturated carbocycles. The van der Waals surface area contributed by atoms with Gasteiger partial charge in [0.25, 0.3) is 0 Å². The van der Waals surface area contributed by atoms with Crippen LogP contribution in [0.1, 0.15) is 13.8 Å². The topological polar surface area (TPSA) is 18.5 Å². The van der Waals surface area contributed by atoms with Gasteiger partial charge in [-0.15, -0.1) is 0 Å². The molecule has 0 heterocycles. The third-order valence-corrected chi connectivity index (χ3v) is 0.544. The second-order valence-electron chi connectivity index (χ2n) is 1.41. The number of hydrogen-bond donors (Lipinski definition) is 0. The Kier molecular flexibility index (Phi) is 18.6. The van der Waals surface area contributed by atoms with Gasteiger partial charge in [0.2, 0.25) is 0 Å². The van der Waals surface area contributed by atoms with Crippen LogP contribution in [0.3, 0.4) is 0 Å². The summed E-state index contributed by atoms with van der Waals surface area (Å²) in [6.07, 6.45) is 6.92. The fourth-order valence-corrected chi connectivity index (χ4v) is 0.272. The summed E-state index contributed by atoms with van der Waals surface area (Å²) in [6.45, 7) is 3.81. The zero-order chi connectivity index (χ0) is 8.24. The first-order chi connectivity index (χ1) is 4.83. The van der Waals surface area contributed by atoms with Crippen molar-refractivity contribution in [2.24, 2.45) is 0 Å². The van der Waals surface area contributed by atoms with E-state index < -0.39 is 0 Å². The molecule has 0 aromatic carbocycles. The van der Waals surface area contributed by atoms with Gasteiger partial charge in [-0.05, 0) is 13.8 Å². The minimum atomic E-state index is 1.62. The van der Waals surface area contributed by atoms with Crippen molar-refractivity contribution >= 4 is 0 Å². The standard InChI is InChI=1S/2C4H8O/c2*1-3-4-5-2/h2*3-4H,1-2H3/b2*4-3+. The molecule has 2 nitrogen and oxygen atoms in total. The van der Waals surface area contributed by atoms with E-state index in [9.17, 15) is 0 Å². The van der Waals surface area contributed by atoms with Gasteiger partial charge in [0, 0.05) is 0 Å². The SMILES string of the molecule is C/C=C/OC.C/C=C/OC. The van der Waals surface area contributed by atoms with E-state index >= 15 is 0 Å². The molecule has 0 bridgehead atoms. The monoisotopic (exact) mass is 144 g/mol. The summed E-state index contributed by atoms with van der Waals surface area (Å²) in [5.41, 5.74) is 0. The number of hydrogen-bond acceptors (Lipinski definition) is 2. The summed E-state index contributed by atoms with van der Waals surface area (Å²) in [4.78, 5) is 0. The zero-order valence-electron chi connectivity index (χ0n) is 7.13. The van der Waals surface area contributed by atoms with E-state index in [1.165, 1.54) is 0 Å². The minimum Gasteiger partial charge on any atom is -0.505 e. The van der Waals surface area contributed by atoms with Crippen LogP contribution in [0.5, 0.6) is 0 Å². The average molecular weight is 144 g/mol. The number of rotatable bonds is 2. The Morgan fingerprint density at radius 2 is 1.10 bits per heavy atom. The van der Waals surface area contributed by atoms with E-state index in [1.54, 1.807) is 26.7 Å². The molecule has 0 aliphatic heterocycles. The summed E-state index contributed by atoms with van der Waals surface area (Å²) in [6, 6.07) is 0. The Labute approximate surface area is 63.1 Å². The maximum atomic E-state index is 4.51. The molecule has 0 fully saturated rings. The van der Waals surface area contributed by atoms with Gasteiger partial charge in [0.05, 0.1) is 26.7 Å². The smallest absolute Gasteiger partial charge is 0.0781 e. The van der Waals surface area contributed by atoms with Gasteiger partial charge < -0.3 is 9.47 Å². The van der Waals surface area contributed by atoms with E-state index in [2.05, 4.69) is 9.47 Å². The molecule has 0 aromatic rings. The third kappa shape index (κ3) is 27.6. The Morgan fingerprint density at radius 3 is 1.10 bits per heavy atom. The van der Waals surface area contributed by atoms with Gasteiger partial charge in [0.1, 0.15) is 0 Å². The summed E-state index contributed by atoms with van der Waals surface area (Å²) in [5, 5.41) is 0. The molecular weight excluding hydrogens is 128 g/mol. The normalized spacial score (nSPS) is 9.20. The Morgan fingerprint density at radius 1 is 0.800 bits per heavy atom. The quantitative estimate of drug-likeness (QED) is 0.554. The highest BCUT2D eigenvalue weighted by molar-refractivity contribution is 4.63.